The van der Waals surface area contributed by atoms with Crippen LogP contribution in [0.25, 0.3) is 0 Å². The highest BCUT2D eigenvalue weighted by molar-refractivity contribution is 5.78. The molecule has 1 saturated carbocycles. The molecular weight excluding hydrogens is 355 g/mol. The van der Waals surface area contributed by atoms with E-state index in [1.807, 2.05) is 0 Å². The van der Waals surface area contributed by atoms with E-state index in [0.29, 0.717) is 24.1 Å². The Morgan fingerprint density at radius 2 is 1.67 bits per heavy atom. The van der Waals surface area contributed by atoms with E-state index >= 15 is 0 Å². The zero-order valence-corrected chi connectivity index (χ0v) is 14.7. The molecule has 0 bridgehead atoms. The molecule has 2 aliphatic rings. The highest BCUT2D eigenvalue weighted by Crippen LogP contribution is 2.43. The number of hydrogen-bond donors (Lipinski definition) is 0. The van der Waals surface area contributed by atoms with Gasteiger partial charge in [0.2, 0.25) is 5.91 Å². The molecule has 1 aliphatic carbocycles. The molecule has 4 rings (SSSR count). The third-order valence-corrected chi connectivity index (χ3v) is 5.08. The number of likely N-dealkylation sites (tertiary alicyclic amines) is 1. The summed E-state index contributed by atoms with van der Waals surface area (Å²) in [4.78, 5) is 14.2. The van der Waals surface area contributed by atoms with Gasteiger partial charge in [0.05, 0.1) is 12.1 Å². The van der Waals surface area contributed by atoms with E-state index in [2.05, 4.69) is 0 Å². The molecule has 2 fully saturated rings. The highest BCUT2D eigenvalue weighted by Gasteiger charge is 2.39. The lowest BCUT2D eigenvalue weighted by molar-refractivity contribution is -0.134. The Morgan fingerprint density at radius 1 is 0.963 bits per heavy atom. The maximum absolute atomic E-state index is 13.9. The molecule has 0 radical (unpaired) electrons. The summed E-state index contributed by atoms with van der Waals surface area (Å²) in [6, 6.07) is 9.07. The van der Waals surface area contributed by atoms with Crippen LogP contribution in [0.4, 0.5) is 13.2 Å². The number of carbonyl (C=O) groups excluding carboxylic acids is 1. The minimum atomic E-state index is -0.956. The fraction of sp³-hybridized carbons (Fsp3) is 0.381. The monoisotopic (exact) mass is 375 g/mol. The van der Waals surface area contributed by atoms with Crippen molar-refractivity contribution in [1.82, 2.24) is 4.90 Å². The molecule has 142 valence electrons. The van der Waals surface area contributed by atoms with Crippen molar-refractivity contribution in [3.8, 4) is 0 Å². The molecule has 2 atom stereocenters. The molecule has 1 amide bonds. The Labute approximate surface area is 155 Å². The molecule has 2 aromatic rings. The van der Waals surface area contributed by atoms with Crippen molar-refractivity contribution in [2.75, 3.05) is 6.54 Å². The van der Waals surface area contributed by atoms with Crippen LogP contribution in [-0.4, -0.2) is 23.5 Å². The topological polar surface area (TPSA) is 29.5 Å². The van der Waals surface area contributed by atoms with Crippen LogP contribution >= 0.6 is 0 Å². The molecule has 3 nitrogen and oxygen atoms in total. The molecule has 0 unspecified atom stereocenters. The SMILES string of the molecule is O=C1CCCN1[C@@H](c1ccc(F)cc1)[C@H](OC1CC1)c1ccc(F)c(F)c1. The first-order chi connectivity index (χ1) is 13.0. The lowest BCUT2D eigenvalue weighted by Crippen LogP contribution is -2.35. The van der Waals surface area contributed by atoms with E-state index in [0.717, 1.165) is 31.4 Å². The Kier molecular flexibility index (Phi) is 4.91. The van der Waals surface area contributed by atoms with E-state index in [1.165, 1.54) is 18.2 Å². The van der Waals surface area contributed by atoms with Gasteiger partial charge in [-0.05, 0) is 54.7 Å². The van der Waals surface area contributed by atoms with Gasteiger partial charge >= 0.3 is 0 Å². The lowest BCUT2D eigenvalue weighted by Gasteiger charge is -2.35. The molecule has 0 spiro atoms. The van der Waals surface area contributed by atoms with Gasteiger partial charge < -0.3 is 9.64 Å². The summed E-state index contributed by atoms with van der Waals surface area (Å²) in [5.41, 5.74) is 1.18. The van der Waals surface area contributed by atoms with Gasteiger partial charge in [-0.25, -0.2) is 13.2 Å². The van der Waals surface area contributed by atoms with Crippen LogP contribution in [0, 0.1) is 17.5 Å². The predicted octanol–water partition coefficient (Wildman–Crippen LogP) is 4.69. The molecular formula is C21H20F3NO2. The second-order valence-corrected chi connectivity index (χ2v) is 7.12. The molecule has 1 saturated heterocycles. The van der Waals surface area contributed by atoms with E-state index < -0.39 is 23.8 Å². The van der Waals surface area contributed by atoms with E-state index in [4.69, 9.17) is 4.74 Å². The molecule has 0 aromatic heterocycles. The summed E-state index contributed by atoms with van der Waals surface area (Å²) in [6.45, 7) is 0.551. The zero-order valence-electron chi connectivity index (χ0n) is 14.7. The highest BCUT2D eigenvalue weighted by atomic mass is 19.2. The van der Waals surface area contributed by atoms with Gasteiger partial charge in [-0.3, -0.25) is 4.79 Å². The van der Waals surface area contributed by atoms with E-state index in [9.17, 15) is 18.0 Å². The number of rotatable bonds is 6. The van der Waals surface area contributed by atoms with Gasteiger partial charge in [0, 0.05) is 13.0 Å². The van der Waals surface area contributed by atoms with Crippen LogP contribution in [0.2, 0.25) is 0 Å². The molecule has 1 heterocycles. The van der Waals surface area contributed by atoms with Gasteiger partial charge in [-0.15, -0.1) is 0 Å². The molecule has 0 N–H and O–H groups in total. The smallest absolute Gasteiger partial charge is 0.223 e. The summed E-state index contributed by atoms with van der Waals surface area (Å²) < 4.78 is 47.0. The van der Waals surface area contributed by atoms with Gasteiger partial charge in [-0.1, -0.05) is 18.2 Å². The molecule has 1 aliphatic heterocycles. The Morgan fingerprint density at radius 3 is 2.26 bits per heavy atom. The number of benzene rings is 2. The maximum Gasteiger partial charge on any atom is 0.223 e. The van der Waals surface area contributed by atoms with Crippen molar-refractivity contribution in [3.63, 3.8) is 0 Å². The summed E-state index contributed by atoms with van der Waals surface area (Å²) in [7, 11) is 0. The van der Waals surface area contributed by atoms with Crippen LogP contribution < -0.4 is 0 Å². The summed E-state index contributed by atoms with van der Waals surface area (Å²) in [5, 5.41) is 0. The fourth-order valence-corrected chi connectivity index (χ4v) is 3.58. The summed E-state index contributed by atoms with van der Waals surface area (Å²) in [6.07, 6.45) is 2.33. The van der Waals surface area contributed by atoms with Crippen molar-refractivity contribution >= 4 is 5.91 Å². The molecule has 27 heavy (non-hydrogen) atoms. The molecule has 2 aromatic carbocycles. The summed E-state index contributed by atoms with van der Waals surface area (Å²) in [5.74, 6) is -2.28. The minimum absolute atomic E-state index is 0.0173. The first-order valence-corrected chi connectivity index (χ1v) is 9.18. The first-order valence-electron chi connectivity index (χ1n) is 9.18. The van der Waals surface area contributed by atoms with Gasteiger partial charge in [0.1, 0.15) is 11.9 Å². The number of halogens is 3. The maximum atomic E-state index is 13.9. The Balaban J connectivity index is 1.78. The van der Waals surface area contributed by atoms with Crippen molar-refractivity contribution in [2.45, 2.75) is 43.9 Å². The minimum Gasteiger partial charge on any atom is -0.368 e. The zero-order chi connectivity index (χ0) is 19.0. The van der Waals surface area contributed by atoms with Crippen LogP contribution in [0.5, 0.6) is 0 Å². The molecule has 6 heteroatoms. The van der Waals surface area contributed by atoms with Crippen LogP contribution in [0.1, 0.15) is 49.0 Å². The van der Waals surface area contributed by atoms with Crippen LogP contribution in [0.15, 0.2) is 42.5 Å². The number of nitrogens with zero attached hydrogens (tertiary/aromatic N) is 1. The van der Waals surface area contributed by atoms with Gasteiger partial charge in [0.15, 0.2) is 11.6 Å². The second kappa shape index (κ2) is 7.35. The van der Waals surface area contributed by atoms with Crippen molar-refractivity contribution < 1.29 is 22.7 Å². The van der Waals surface area contributed by atoms with Gasteiger partial charge in [-0.2, -0.15) is 0 Å². The van der Waals surface area contributed by atoms with Crippen molar-refractivity contribution in [3.05, 3.63) is 71.0 Å². The standard InChI is InChI=1S/C21H20F3NO2/c22-15-6-3-13(4-7-15)20(25-11-1-2-19(25)26)21(27-16-8-9-16)14-5-10-17(23)18(24)12-14/h3-7,10,12,16,20-21H,1-2,8-9,11H2/t20-,21+/m0/s1. The van der Waals surface area contributed by atoms with E-state index in [-0.39, 0.29) is 17.8 Å². The first kappa shape index (κ1) is 18.0. The van der Waals surface area contributed by atoms with Crippen molar-refractivity contribution in [1.29, 1.82) is 0 Å². The average Bonchev–Trinajstić information content (AvgIpc) is 3.38. The number of ether oxygens (including phenoxy) is 1. The normalized spacial score (nSPS) is 19.4. The number of carbonyl (C=O) groups is 1. The van der Waals surface area contributed by atoms with Gasteiger partial charge in [0.25, 0.3) is 0 Å². The Hall–Kier alpha value is -2.34. The Bertz CT molecular complexity index is 836. The lowest BCUT2D eigenvalue weighted by atomic mass is 9.94. The average molecular weight is 375 g/mol. The quantitative estimate of drug-likeness (QED) is 0.733. The van der Waals surface area contributed by atoms with Crippen LogP contribution in [-0.2, 0) is 9.53 Å². The number of hydrogen-bond acceptors (Lipinski definition) is 2. The fourth-order valence-electron chi connectivity index (χ4n) is 3.58. The van der Waals surface area contributed by atoms with Crippen molar-refractivity contribution in [2.24, 2.45) is 0 Å². The van der Waals surface area contributed by atoms with E-state index in [1.54, 1.807) is 17.0 Å². The third-order valence-electron chi connectivity index (χ3n) is 5.08. The third kappa shape index (κ3) is 3.86. The number of amides is 1. The predicted molar refractivity (Wildman–Crippen MR) is 93.3 cm³/mol. The largest absolute Gasteiger partial charge is 0.368 e. The van der Waals surface area contributed by atoms with Crippen LogP contribution in [0.3, 0.4) is 0 Å². The summed E-state index contributed by atoms with van der Waals surface area (Å²) >= 11 is 0. The second-order valence-electron chi connectivity index (χ2n) is 7.12.